The molecule has 2 heteroatoms. The Morgan fingerprint density at radius 1 is 1.35 bits per heavy atom. The van der Waals surface area contributed by atoms with Gasteiger partial charge in [0.15, 0.2) is 0 Å². The van der Waals surface area contributed by atoms with E-state index in [2.05, 4.69) is 20.4 Å². The molecule has 90 valence electrons. The van der Waals surface area contributed by atoms with Crippen molar-refractivity contribution < 1.29 is 4.79 Å². The van der Waals surface area contributed by atoms with Crippen LogP contribution in [0.5, 0.6) is 0 Å². The van der Waals surface area contributed by atoms with Crippen molar-refractivity contribution in [3.8, 4) is 0 Å². The minimum Gasteiger partial charge on any atom is -0.309 e. The molecule has 1 atom stereocenters. The number of carbonyl (C=O) groups excluding carboxylic acids is 1. The molecule has 1 unspecified atom stereocenters. The number of nitrogens with zero attached hydrogens (tertiary/aromatic N) is 1. The van der Waals surface area contributed by atoms with Gasteiger partial charge in [0.25, 0.3) is 0 Å². The van der Waals surface area contributed by atoms with Gasteiger partial charge in [0.1, 0.15) is 0 Å². The van der Waals surface area contributed by atoms with E-state index in [4.69, 9.17) is 0 Å². The van der Waals surface area contributed by atoms with E-state index in [0.717, 1.165) is 17.7 Å². The molecule has 1 aliphatic rings. The first-order valence-electron chi connectivity index (χ1n) is 6.18. The number of rotatable bonds is 3. The summed E-state index contributed by atoms with van der Waals surface area (Å²) in [6.45, 7) is 8.09. The SMILES string of the molecule is C=Cc1ccc(N2C(=O)CCC2C(C)C)cc1. The fourth-order valence-electron chi connectivity index (χ4n) is 2.44. The summed E-state index contributed by atoms with van der Waals surface area (Å²) in [4.78, 5) is 13.9. The van der Waals surface area contributed by atoms with Crippen LogP contribution in [0.2, 0.25) is 0 Å². The average molecular weight is 229 g/mol. The highest BCUT2D eigenvalue weighted by atomic mass is 16.2. The quantitative estimate of drug-likeness (QED) is 0.777. The molecule has 1 fully saturated rings. The fraction of sp³-hybridized carbons (Fsp3) is 0.400. The Bertz CT molecular complexity index is 419. The van der Waals surface area contributed by atoms with Crippen LogP contribution in [0.4, 0.5) is 5.69 Å². The molecular weight excluding hydrogens is 210 g/mol. The first kappa shape index (κ1) is 11.9. The van der Waals surface area contributed by atoms with Gasteiger partial charge in [0, 0.05) is 18.2 Å². The zero-order chi connectivity index (χ0) is 12.4. The molecule has 0 radical (unpaired) electrons. The van der Waals surface area contributed by atoms with Crippen LogP contribution < -0.4 is 4.90 Å². The van der Waals surface area contributed by atoms with Crippen molar-refractivity contribution in [1.82, 2.24) is 0 Å². The van der Waals surface area contributed by atoms with Crippen molar-refractivity contribution >= 4 is 17.7 Å². The van der Waals surface area contributed by atoms with Gasteiger partial charge in [-0.15, -0.1) is 0 Å². The van der Waals surface area contributed by atoms with Crippen LogP contribution in [0.25, 0.3) is 6.08 Å². The van der Waals surface area contributed by atoms with Crippen molar-refractivity contribution in [2.75, 3.05) is 4.90 Å². The monoisotopic (exact) mass is 229 g/mol. The van der Waals surface area contributed by atoms with E-state index in [1.54, 1.807) is 0 Å². The van der Waals surface area contributed by atoms with Crippen LogP contribution in [0, 0.1) is 5.92 Å². The fourth-order valence-corrected chi connectivity index (χ4v) is 2.44. The largest absolute Gasteiger partial charge is 0.309 e. The number of amides is 1. The van der Waals surface area contributed by atoms with Gasteiger partial charge in [-0.3, -0.25) is 4.79 Å². The lowest BCUT2D eigenvalue weighted by Crippen LogP contribution is -2.36. The number of hydrogen-bond donors (Lipinski definition) is 0. The highest BCUT2D eigenvalue weighted by molar-refractivity contribution is 5.96. The molecule has 0 aliphatic carbocycles. The lowest BCUT2D eigenvalue weighted by Gasteiger charge is -2.27. The van der Waals surface area contributed by atoms with Gasteiger partial charge in [-0.25, -0.2) is 0 Å². The summed E-state index contributed by atoms with van der Waals surface area (Å²) in [5.74, 6) is 0.746. The van der Waals surface area contributed by atoms with E-state index in [1.807, 2.05) is 35.2 Å². The molecule has 0 saturated carbocycles. The van der Waals surface area contributed by atoms with Crippen molar-refractivity contribution in [1.29, 1.82) is 0 Å². The molecule has 1 aliphatic heterocycles. The summed E-state index contributed by atoms with van der Waals surface area (Å²) < 4.78 is 0. The lowest BCUT2D eigenvalue weighted by molar-refractivity contribution is -0.117. The Morgan fingerprint density at radius 2 is 2.00 bits per heavy atom. The number of anilines is 1. The molecule has 1 heterocycles. The summed E-state index contributed by atoms with van der Waals surface area (Å²) in [7, 11) is 0. The summed E-state index contributed by atoms with van der Waals surface area (Å²) in [5, 5.41) is 0. The van der Waals surface area contributed by atoms with Crippen LogP contribution in [-0.2, 0) is 4.79 Å². The van der Waals surface area contributed by atoms with Gasteiger partial charge in [-0.05, 0) is 30.0 Å². The second-order valence-electron chi connectivity index (χ2n) is 4.91. The standard InChI is InChI=1S/C15H19NO/c1-4-12-5-7-13(8-6-12)16-14(11(2)3)9-10-15(16)17/h4-8,11,14H,1,9-10H2,2-3H3. The molecule has 2 nitrogen and oxygen atoms in total. The van der Waals surface area contributed by atoms with Crippen LogP contribution >= 0.6 is 0 Å². The normalized spacial score (nSPS) is 20.1. The van der Waals surface area contributed by atoms with Crippen molar-refractivity contribution in [3.05, 3.63) is 36.4 Å². The first-order chi connectivity index (χ1) is 8.13. The van der Waals surface area contributed by atoms with E-state index in [0.29, 0.717) is 18.4 Å². The predicted octanol–water partition coefficient (Wildman–Crippen LogP) is 3.48. The zero-order valence-electron chi connectivity index (χ0n) is 10.5. The molecule has 1 amide bonds. The maximum Gasteiger partial charge on any atom is 0.227 e. The third kappa shape index (κ3) is 2.26. The lowest BCUT2D eigenvalue weighted by atomic mass is 10.0. The summed E-state index contributed by atoms with van der Waals surface area (Å²) in [6, 6.07) is 8.37. The van der Waals surface area contributed by atoms with Crippen molar-refractivity contribution in [2.24, 2.45) is 5.92 Å². The smallest absolute Gasteiger partial charge is 0.227 e. The van der Waals surface area contributed by atoms with E-state index in [9.17, 15) is 4.79 Å². The van der Waals surface area contributed by atoms with Gasteiger partial charge in [-0.1, -0.05) is 38.6 Å². The molecule has 1 saturated heterocycles. The molecular formula is C15H19NO. The third-order valence-corrected chi connectivity index (χ3v) is 3.43. The molecule has 2 rings (SSSR count). The van der Waals surface area contributed by atoms with Crippen LogP contribution in [0.3, 0.4) is 0 Å². The van der Waals surface area contributed by atoms with Crippen molar-refractivity contribution in [2.45, 2.75) is 32.7 Å². The minimum atomic E-state index is 0.245. The molecule has 1 aromatic carbocycles. The average Bonchev–Trinajstić information content (AvgIpc) is 2.71. The Labute approximate surface area is 103 Å². The van der Waals surface area contributed by atoms with E-state index in [-0.39, 0.29) is 5.91 Å². The molecule has 0 aromatic heterocycles. The Balaban J connectivity index is 2.29. The van der Waals surface area contributed by atoms with Gasteiger partial charge in [0.2, 0.25) is 5.91 Å². The maximum atomic E-state index is 11.9. The molecule has 0 spiro atoms. The van der Waals surface area contributed by atoms with E-state index in [1.165, 1.54) is 0 Å². The molecule has 1 aromatic rings. The minimum absolute atomic E-state index is 0.245. The Morgan fingerprint density at radius 3 is 2.53 bits per heavy atom. The number of benzene rings is 1. The summed E-state index contributed by atoms with van der Waals surface area (Å²) in [5.41, 5.74) is 2.10. The second-order valence-corrected chi connectivity index (χ2v) is 4.91. The highest BCUT2D eigenvalue weighted by Gasteiger charge is 2.33. The predicted molar refractivity (Wildman–Crippen MR) is 71.9 cm³/mol. The maximum absolute atomic E-state index is 11.9. The number of carbonyl (C=O) groups is 1. The summed E-state index contributed by atoms with van der Waals surface area (Å²) in [6.07, 6.45) is 3.46. The van der Waals surface area contributed by atoms with Crippen LogP contribution in [0.15, 0.2) is 30.8 Å². The summed E-state index contributed by atoms with van der Waals surface area (Å²) >= 11 is 0. The van der Waals surface area contributed by atoms with E-state index < -0.39 is 0 Å². The van der Waals surface area contributed by atoms with Crippen LogP contribution in [0.1, 0.15) is 32.3 Å². The number of hydrogen-bond acceptors (Lipinski definition) is 1. The topological polar surface area (TPSA) is 20.3 Å². The first-order valence-corrected chi connectivity index (χ1v) is 6.18. The molecule has 0 bridgehead atoms. The van der Waals surface area contributed by atoms with Crippen molar-refractivity contribution in [3.63, 3.8) is 0 Å². The van der Waals surface area contributed by atoms with Gasteiger partial charge >= 0.3 is 0 Å². The second kappa shape index (κ2) is 4.74. The molecule has 17 heavy (non-hydrogen) atoms. The zero-order valence-corrected chi connectivity index (χ0v) is 10.5. The van der Waals surface area contributed by atoms with Crippen LogP contribution in [-0.4, -0.2) is 11.9 Å². The highest BCUT2D eigenvalue weighted by Crippen LogP contribution is 2.30. The third-order valence-electron chi connectivity index (χ3n) is 3.43. The van der Waals surface area contributed by atoms with Gasteiger partial charge in [-0.2, -0.15) is 0 Å². The molecule has 0 N–H and O–H groups in total. The Kier molecular flexibility index (Phi) is 3.32. The van der Waals surface area contributed by atoms with Gasteiger partial charge < -0.3 is 4.90 Å². The Hall–Kier alpha value is -1.57. The van der Waals surface area contributed by atoms with Gasteiger partial charge in [0.05, 0.1) is 0 Å². The van der Waals surface area contributed by atoms with E-state index >= 15 is 0 Å².